The first-order valence-electron chi connectivity index (χ1n) is 7.84. The van der Waals surface area contributed by atoms with Crippen molar-refractivity contribution in [2.75, 3.05) is 25.0 Å². The lowest BCUT2D eigenvalue weighted by molar-refractivity contribution is 0.366. The molecule has 2 aromatic rings. The van der Waals surface area contributed by atoms with E-state index in [1.807, 2.05) is 24.3 Å². The number of rotatable bonds is 4. The van der Waals surface area contributed by atoms with Crippen LogP contribution >= 0.6 is 0 Å². The molecule has 29 heavy (non-hydrogen) atoms. The van der Waals surface area contributed by atoms with Crippen LogP contribution in [0.5, 0.6) is 11.5 Å². The van der Waals surface area contributed by atoms with Gasteiger partial charge in [-0.3, -0.25) is 0 Å². The minimum absolute atomic E-state index is 0.303. The van der Waals surface area contributed by atoms with Gasteiger partial charge in [0.2, 0.25) is 0 Å². The second-order valence-corrected chi connectivity index (χ2v) is 9.88. The second kappa shape index (κ2) is 12.3. The maximum absolute atomic E-state index is 9.75. The minimum Gasteiger partial charge on any atom is -0.457 e. The monoisotopic (exact) mass is 466 g/mol. The van der Waals surface area contributed by atoms with E-state index in [0.717, 1.165) is 11.5 Å². The standard InChI is InChI=1S/C16H20OS2.2BF4/c1-18(2)15-9-5-13(6-10-15)17-14-7-11-16(12-8-14)19(3)4;2*2-1(3,4)5/h5-12H,1-4H3;;/q+2;2*-1. The highest BCUT2D eigenvalue weighted by atomic mass is 32.2. The molecule has 0 radical (unpaired) electrons. The fraction of sp³-hybridized carbons (Fsp3) is 0.250. The van der Waals surface area contributed by atoms with Gasteiger partial charge in [-0.05, 0) is 48.5 Å². The lowest BCUT2D eigenvalue weighted by Gasteiger charge is -2.06. The maximum atomic E-state index is 9.75. The number of benzene rings is 2. The lowest BCUT2D eigenvalue weighted by atomic mass is 10.3. The Morgan fingerprint density at radius 3 is 0.897 bits per heavy atom. The summed E-state index contributed by atoms with van der Waals surface area (Å²) in [5.74, 6) is 1.79. The highest BCUT2D eigenvalue weighted by Crippen LogP contribution is 2.24. The highest BCUT2D eigenvalue weighted by Gasteiger charge is 2.21. The molecule has 0 atom stereocenters. The van der Waals surface area contributed by atoms with Crippen molar-refractivity contribution >= 4 is 36.3 Å². The summed E-state index contributed by atoms with van der Waals surface area (Å²) in [7, 11) is -11.4. The summed E-state index contributed by atoms with van der Waals surface area (Å²) < 4.78 is 83.9. The van der Waals surface area contributed by atoms with Crippen LogP contribution in [0.3, 0.4) is 0 Å². The Kier molecular flexibility index (Phi) is 11.6. The summed E-state index contributed by atoms with van der Waals surface area (Å²) in [5.41, 5.74) is 0. The normalized spacial score (nSPS) is 11.4. The molecule has 0 aliphatic heterocycles. The Morgan fingerprint density at radius 2 is 0.724 bits per heavy atom. The third-order valence-corrected chi connectivity index (χ3v) is 5.26. The molecule has 0 N–H and O–H groups in total. The maximum Gasteiger partial charge on any atom is 0.673 e. The van der Waals surface area contributed by atoms with E-state index < -0.39 is 14.5 Å². The Balaban J connectivity index is 0.000000653. The summed E-state index contributed by atoms with van der Waals surface area (Å²) in [4.78, 5) is 2.73. The molecule has 0 heterocycles. The molecule has 0 aromatic heterocycles. The fourth-order valence-corrected chi connectivity index (χ4v) is 3.06. The molecule has 2 aromatic carbocycles. The van der Waals surface area contributed by atoms with Crippen LogP contribution in [0.25, 0.3) is 0 Å². The number of hydrogen-bond acceptors (Lipinski definition) is 1. The van der Waals surface area contributed by atoms with Crippen LogP contribution < -0.4 is 4.74 Å². The van der Waals surface area contributed by atoms with Crippen LogP contribution in [0, 0.1) is 0 Å². The largest absolute Gasteiger partial charge is 0.673 e. The summed E-state index contributed by atoms with van der Waals surface area (Å²) in [6.07, 6.45) is 8.89. The average molecular weight is 466 g/mol. The smallest absolute Gasteiger partial charge is 0.457 e. The van der Waals surface area contributed by atoms with Crippen molar-refractivity contribution < 1.29 is 39.3 Å². The van der Waals surface area contributed by atoms with Crippen molar-refractivity contribution in [2.24, 2.45) is 0 Å². The molecule has 0 spiro atoms. The molecule has 0 saturated carbocycles. The van der Waals surface area contributed by atoms with Crippen LogP contribution in [-0.2, 0) is 21.8 Å². The van der Waals surface area contributed by atoms with Gasteiger partial charge in [-0.25, -0.2) is 0 Å². The first-order valence-corrected chi connectivity index (χ1v) is 11.9. The van der Waals surface area contributed by atoms with E-state index in [9.17, 15) is 34.5 Å². The van der Waals surface area contributed by atoms with Crippen molar-refractivity contribution in [2.45, 2.75) is 9.79 Å². The van der Waals surface area contributed by atoms with Crippen molar-refractivity contribution in [1.29, 1.82) is 0 Å². The van der Waals surface area contributed by atoms with E-state index in [2.05, 4.69) is 49.3 Å². The van der Waals surface area contributed by atoms with Crippen molar-refractivity contribution in [3.05, 3.63) is 48.5 Å². The molecule has 0 unspecified atom stereocenters. The predicted molar refractivity (Wildman–Crippen MR) is 108 cm³/mol. The number of hydrogen-bond donors (Lipinski definition) is 0. The Hall–Kier alpha value is -1.49. The lowest BCUT2D eigenvalue weighted by Crippen LogP contribution is -2.02. The van der Waals surface area contributed by atoms with Crippen molar-refractivity contribution in [3.63, 3.8) is 0 Å². The van der Waals surface area contributed by atoms with Gasteiger partial charge in [-0.1, -0.05) is 0 Å². The van der Waals surface area contributed by atoms with E-state index in [1.165, 1.54) is 9.79 Å². The van der Waals surface area contributed by atoms with E-state index >= 15 is 0 Å². The first kappa shape index (κ1) is 27.5. The van der Waals surface area contributed by atoms with E-state index in [4.69, 9.17) is 4.74 Å². The highest BCUT2D eigenvalue weighted by molar-refractivity contribution is 7.95. The van der Waals surface area contributed by atoms with Crippen LogP contribution in [0.15, 0.2) is 58.3 Å². The van der Waals surface area contributed by atoms with Crippen molar-refractivity contribution in [3.8, 4) is 11.5 Å². The van der Waals surface area contributed by atoms with Gasteiger partial charge in [0.05, 0.1) is 0 Å². The zero-order valence-corrected chi connectivity index (χ0v) is 17.7. The van der Waals surface area contributed by atoms with Crippen LogP contribution in [-0.4, -0.2) is 39.5 Å². The molecule has 0 aliphatic carbocycles. The molecule has 0 saturated heterocycles. The summed E-state index contributed by atoms with van der Waals surface area (Å²) in [6.45, 7) is 0. The summed E-state index contributed by atoms with van der Waals surface area (Å²) in [5, 5.41) is 0. The topological polar surface area (TPSA) is 9.23 Å². The zero-order valence-electron chi connectivity index (χ0n) is 16.0. The van der Waals surface area contributed by atoms with Crippen LogP contribution in [0.2, 0.25) is 0 Å². The van der Waals surface area contributed by atoms with Gasteiger partial charge in [0.25, 0.3) is 0 Å². The summed E-state index contributed by atoms with van der Waals surface area (Å²) in [6, 6.07) is 16.7. The molecule has 0 fully saturated rings. The first-order chi connectivity index (χ1) is 13.1. The third-order valence-electron chi connectivity index (χ3n) is 2.83. The summed E-state index contributed by atoms with van der Waals surface area (Å²) >= 11 is 0. The predicted octanol–water partition coefficient (Wildman–Crippen LogP) is 6.55. The van der Waals surface area contributed by atoms with Crippen LogP contribution in [0.1, 0.15) is 0 Å². The Bertz CT molecular complexity index is 631. The Labute approximate surface area is 170 Å². The van der Waals surface area contributed by atoms with Gasteiger partial charge >= 0.3 is 14.5 Å². The fourth-order valence-electron chi connectivity index (χ4n) is 1.70. The van der Waals surface area contributed by atoms with Gasteiger partial charge in [0.1, 0.15) is 36.5 Å². The SMILES string of the molecule is C[S+](C)c1ccc(Oc2ccc([S+](C)C)cc2)cc1.F[B-](F)(F)F.F[B-](F)(F)F. The van der Waals surface area contributed by atoms with Gasteiger partial charge in [0, 0.05) is 21.8 Å². The van der Waals surface area contributed by atoms with E-state index in [1.54, 1.807) is 0 Å². The van der Waals surface area contributed by atoms with E-state index in [0.29, 0.717) is 21.8 Å². The number of ether oxygens (including phenoxy) is 1. The van der Waals surface area contributed by atoms with Gasteiger partial charge in [0.15, 0.2) is 9.79 Å². The molecule has 0 bridgehead atoms. The Morgan fingerprint density at radius 1 is 0.517 bits per heavy atom. The average Bonchev–Trinajstić information content (AvgIpc) is 2.52. The minimum atomic E-state index is -6.00. The van der Waals surface area contributed by atoms with Gasteiger partial charge < -0.3 is 39.3 Å². The third kappa shape index (κ3) is 17.1. The van der Waals surface area contributed by atoms with Crippen molar-refractivity contribution in [1.82, 2.24) is 0 Å². The molecule has 0 aliphatic rings. The molecular formula is C16H20B2F8OS2. The molecule has 1 nitrogen and oxygen atoms in total. The molecule has 2 rings (SSSR count). The zero-order chi connectivity index (χ0) is 22.8. The molecular weight excluding hydrogens is 446 g/mol. The van der Waals surface area contributed by atoms with Crippen LogP contribution in [0.4, 0.5) is 34.5 Å². The molecule has 164 valence electrons. The molecule has 0 amide bonds. The van der Waals surface area contributed by atoms with E-state index in [-0.39, 0.29) is 0 Å². The molecule has 13 heteroatoms. The quantitative estimate of drug-likeness (QED) is 0.282. The number of halogens is 8. The van der Waals surface area contributed by atoms with Gasteiger partial charge in [-0.15, -0.1) is 0 Å². The van der Waals surface area contributed by atoms with Gasteiger partial charge in [-0.2, -0.15) is 0 Å². The second-order valence-electron chi connectivity index (χ2n) is 5.67.